The molecule has 0 unspecified atom stereocenters. The minimum Gasteiger partial charge on any atom is -0.300 e. The van der Waals surface area contributed by atoms with E-state index in [1.807, 2.05) is 0 Å². The van der Waals surface area contributed by atoms with Crippen LogP contribution in [-0.2, 0) is 9.59 Å². The second kappa shape index (κ2) is 8.30. The van der Waals surface area contributed by atoms with Crippen LogP contribution in [0, 0.1) is 0 Å². The maximum atomic E-state index is 9.68. The van der Waals surface area contributed by atoms with Gasteiger partial charge in [-0.2, -0.15) is 0 Å². The molecule has 0 N–H and O–H groups in total. The lowest BCUT2D eigenvalue weighted by molar-refractivity contribution is -0.115. The number of carbonyl (C=O) groups is 2. The average Bonchev–Trinajstić information content (AvgIpc) is 1.65. The topological polar surface area (TPSA) is 34.1 Å². The summed E-state index contributed by atoms with van der Waals surface area (Å²) in [5.74, 6) is 0.167. The summed E-state index contributed by atoms with van der Waals surface area (Å²) in [6.07, 6.45) is 0. The zero-order chi connectivity index (χ0) is 7.86. The third-order valence-corrected chi connectivity index (χ3v) is 1.65. The molecule has 0 atom stereocenters. The minimum absolute atomic E-state index is 0.0162. The molecule has 0 aliphatic heterocycles. The van der Waals surface area contributed by atoms with Crippen molar-refractivity contribution < 1.29 is 9.59 Å². The highest BCUT2D eigenvalue weighted by molar-refractivity contribution is 9.19. The fourth-order valence-electron chi connectivity index (χ4n) is 0. The van der Waals surface area contributed by atoms with E-state index >= 15 is 0 Å². The Kier molecular flexibility index (Phi) is 11.1. The van der Waals surface area contributed by atoms with Crippen LogP contribution in [0.25, 0.3) is 0 Å². The standard InChI is InChI=1S/C3H6O.C2H2Br2O/c1-3(2)4;3-1-2(4)5/h1-2H3;1H2. The Morgan fingerprint density at radius 2 is 1.44 bits per heavy atom. The van der Waals surface area contributed by atoms with Crippen LogP contribution in [0.3, 0.4) is 0 Å². The van der Waals surface area contributed by atoms with Gasteiger partial charge in [-0.05, 0) is 29.8 Å². The maximum absolute atomic E-state index is 9.68. The number of hydrogen-bond donors (Lipinski definition) is 0. The van der Waals surface area contributed by atoms with E-state index in [9.17, 15) is 9.59 Å². The summed E-state index contributed by atoms with van der Waals surface area (Å²) in [6, 6.07) is 0. The maximum Gasteiger partial charge on any atom is 0.208 e. The molecular weight excluding hydrogens is 252 g/mol. The number of Topliss-reactive ketones (excluding diaryl/α,β-unsaturated/α-hetero) is 1. The molecule has 0 aromatic carbocycles. The molecule has 0 bridgehead atoms. The molecule has 0 aliphatic carbocycles. The zero-order valence-corrected chi connectivity index (χ0v) is 8.45. The van der Waals surface area contributed by atoms with Crippen molar-refractivity contribution in [3.05, 3.63) is 0 Å². The van der Waals surface area contributed by atoms with Crippen molar-refractivity contribution in [3.8, 4) is 0 Å². The van der Waals surface area contributed by atoms with E-state index in [1.54, 1.807) is 0 Å². The first-order chi connectivity index (χ1) is 4.00. The van der Waals surface area contributed by atoms with Gasteiger partial charge in [-0.25, -0.2) is 0 Å². The Labute approximate surface area is 71.3 Å². The number of rotatable bonds is 1. The van der Waals surface area contributed by atoms with Crippen molar-refractivity contribution in [1.29, 1.82) is 0 Å². The van der Waals surface area contributed by atoms with Crippen molar-refractivity contribution in [2.45, 2.75) is 13.8 Å². The SMILES string of the molecule is CC(C)=O.O=C(Br)CBr. The number of halogens is 2. The molecule has 54 valence electrons. The summed E-state index contributed by atoms with van der Waals surface area (Å²) in [5.41, 5.74) is 0. The number of ketones is 1. The third kappa shape index (κ3) is 62.3. The van der Waals surface area contributed by atoms with Gasteiger partial charge in [0, 0.05) is 0 Å². The average molecular weight is 260 g/mol. The van der Waals surface area contributed by atoms with E-state index < -0.39 is 0 Å². The van der Waals surface area contributed by atoms with Gasteiger partial charge in [0.1, 0.15) is 5.78 Å². The zero-order valence-electron chi connectivity index (χ0n) is 5.28. The van der Waals surface area contributed by atoms with E-state index in [1.165, 1.54) is 13.8 Å². The Morgan fingerprint density at radius 3 is 1.44 bits per heavy atom. The highest BCUT2D eigenvalue weighted by Crippen LogP contribution is 1.87. The summed E-state index contributed by atoms with van der Waals surface area (Å²) in [4.78, 5) is 19.1. The van der Waals surface area contributed by atoms with Crippen LogP contribution in [0.2, 0.25) is 0 Å². The molecule has 0 aliphatic rings. The lowest BCUT2D eigenvalue weighted by atomic mass is 10.6. The second-order valence-electron chi connectivity index (χ2n) is 1.40. The van der Waals surface area contributed by atoms with Gasteiger partial charge >= 0.3 is 0 Å². The first-order valence-corrected chi connectivity index (χ1v) is 4.13. The number of carbonyl (C=O) groups excluding carboxylic acids is 2. The smallest absolute Gasteiger partial charge is 0.208 e. The van der Waals surface area contributed by atoms with Gasteiger partial charge in [-0.1, -0.05) is 15.9 Å². The molecular formula is C5H8Br2O2. The van der Waals surface area contributed by atoms with E-state index in [-0.39, 0.29) is 10.5 Å². The Morgan fingerprint density at radius 1 is 1.33 bits per heavy atom. The van der Waals surface area contributed by atoms with Gasteiger partial charge in [0.15, 0.2) is 0 Å². The highest BCUT2D eigenvalue weighted by Gasteiger charge is 1.82. The van der Waals surface area contributed by atoms with E-state index in [0.29, 0.717) is 5.33 Å². The van der Waals surface area contributed by atoms with E-state index in [4.69, 9.17) is 0 Å². The van der Waals surface area contributed by atoms with Crippen LogP contribution in [0.4, 0.5) is 0 Å². The fraction of sp³-hybridized carbons (Fsp3) is 0.600. The summed E-state index contributed by atoms with van der Waals surface area (Å²) < 4.78 is -0.0162. The van der Waals surface area contributed by atoms with Crippen molar-refractivity contribution in [1.82, 2.24) is 0 Å². The Balaban J connectivity index is 0. The van der Waals surface area contributed by atoms with E-state index in [0.717, 1.165) is 0 Å². The number of hydrogen-bond acceptors (Lipinski definition) is 2. The lowest BCUT2D eigenvalue weighted by Crippen LogP contribution is -1.79. The molecule has 2 nitrogen and oxygen atoms in total. The molecule has 0 saturated heterocycles. The molecule has 0 aromatic rings. The summed E-state index contributed by atoms with van der Waals surface area (Å²) >= 11 is 5.60. The first-order valence-electron chi connectivity index (χ1n) is 2.22. The van der Waals surface area contributed by atoms with Crippen LogP contribution in [0.1, 0.15) is 13.8 Å². The van der Waals surface area contributed by atoms with Gasteiger partial charge in [0.2, 0.25) is 4.69 Å². The highest BCUT2D eigenvalue weighted by atomic mass is 79.9. The van der Waals surface area contributed by atoms with Crippen molar-refractivity contribution in [3.63, 3.8) is 0 Å². The molecule has 0 spiro atoms. The van der Waals surface area contributed by atoms with E-state index in [2.05, 4.69) is 31.9 Å². The molecule has 0 saturated carbocycles. The summed E-state index contributed by atoms with van der Waals surface area (Å²) in [6.45, 7) is 3.06. The first kappa shape index (κ1) is 12.0. The molecule has 9 heavy (non-hydrogen) atoms. The van der Waals surface area contributed by atoms with Gasteiger partial charge in [0.25, 0.3) is 0 Å². The third-order valence-electron chi connectivity index (χ3n) is 0.105. The monoisotopic (exact) mass is 258 g/mol. The predicted molar refractivity (Wildman–Crippen MR) is 44.1 cm³/mol. The van der Waals surface area contributed by atoms with Crippen molar-refractivity contribution in [2.75, 3.05) is 5.33 Å². The number of alkyl halides is 1. The summed E-state index contributed by atoms with van der Waals surface area (Å²) in [7, 11) is 0. The molecule has 4 heteroatoms. The van der Waals surface area contributed by atoms with Crippen molar-refractivity contribution in [2.24, 2.45) is 0 Å². The second-order valence-corrected chi connectivity index (χ2v) is 2.84. The Hall–Kier alpha value is 0.300. The molecule has 0 fully saturated rings. The van der Waals surface area contributed by atoms with Crippen LogP contribution in [0.15, 0.2) is 0 Å². The molecule has 0 radical (unpaired) electrons. The lowest BCUT2D eigenvalue weighted by Gasteiger charge is -1.66. The van der Waals surface area contributed by atoms with Gasteiger partial charge in [0.05, 0.1) is 5.33 Å². The minimum atomic E-state index is -0.0162. The fourth-order valence-corrected chi connectivity index (χ4v) is 0. The van der Waals surface area contributed by atoms with Gasteiger partial charge < -0.3 is 4.79 Å². The molecule has 0 amide bonds. The van der Waals surface area contributed by atoms with Crippen LogP contribution in [0.5, 0.6) is 0 Å². The largest absolute Gasteiger partial charge is 0.300 e. The summed E-state index contributed by atoms with van der Waals surface area (Å²) in [5, 5.41) is 0.396. The predicted octanol–water partition coefficient (Wildman–Crippen LogP) is 1.90. The Bertz CT molecular complexity index is 97.1. The van der Waals surface area contributed by atoms with Gasteiger partial charge in [-0.15, -0.1) is 0 Å². The quantitative estimate of drug-likeness (QED) is 0.533. The molecule has 0 aromatic heterocycles. The van der Waals surface area contributed by atoms with Crippen LogP contribution < -0.4 is 0 Å². The van der Waals surface area contributed by atoms with Crippen LogP contribution in [-0.4, -0.2) is 15.8 Å². The van der Waals surface area contributed by atoms with Crippen LogP contribution >= 0.6 is 31.9 Å². The normalized spacial score (nSPS) is 7.11. The van der Waals surface area contributed by atoms with Gasteiger partial charge in [-0.3, -0.25) is 4.79 Å². The van der Waals surface area contributed by atoms with Crippen molar-refractivity contribution >= 4 is 42.3 Å². The molecule has 0 rings (SSSR count). The molecule has 0 heterocycles.